The Kier molecular flexibility index (Phi) is 6.07. The van der Waals surface area contributed by atoms with E-state index in [4.69, 9.17) is 23.8 Å². The van der Waals surface area contributed by atoms with Crippen LogP contribution < -0.4 is 16.2 Å². The summed E-state index contributed by atoms with van der Waals surface area (Å²) in [5.41, 5.74) is 6.98. The third kappa shape index (κ3) is 5.06. The van der Waals surface area contributed by atoms with Gasteiger partial charge >= 0.3 is 0 Å². The summed E-state index contributed by atoms with van der Waals surface area (Å²) in [7, 11) is 0. The van der Waals surface area contributed by atoms with Crippen LogP contribution in [0.2, 0.25) is 0 Å². The molecule has 1 saturated heterocycles. The first-order chi connectivity index (χ1) is 10.2. The van der Waals surface area contributed by atoms with Gasteiger partial charge in [-0.25, -0.2) is 0 Å². The molecule has 0 atom stereocenters. The summed E-state index contributed by atoms with van der Waals surface area (Å²) in [5.74, 6) is -0.346. The highest BCUT2D eigenvalue weighted by molar-refractivity contribution is 7.80. The first kappa shape index (κ1) is 15.9. The number of likely N-dealkylation sites (tertiary alicyclic amines) is 1. The van der Waals surface area contributed by atoms with Gasteiger partial charge in [0.25, 0.3) is 5.91 Å². The fourth-order valence-electron chi connectivity index (χ4n) is 2.11. The SMILES string of the molecule is O=C(CCl)NNc1ccc(NC(=S)N2CCCCC2)cc1. The van der Waals surface area contributed by atoms with Gasteiger partial charge in [-0.2, -0.15) is 0 Å². The van der Waals surface area contributed by atoms with Gasteiger partial charge in [-0.05, 0) is 55.7 Å². The van der Waals surface area contributed by atoms with Crippen molar-refractivity contribution in [2.24, 2.45) is 0 Å². The number of hydrazine groups is 1. The van der Waals surface area contributed by atoms with E-state index in [9.17, 15) is 4.79 Å². The van der Waals surface area contributed by atoms with Crippen LogP contribution >= 0.6 is 23.8 Å². The summed E-state index contributed by atoms with van der Waals surface area (Å²) in [6.07, 6.45) is 3.68. The molecule has 1 amide bonds. The maximum Gasteiger partial charge on any atom is 0.253 e. The maximum absolute atomic E-state index is 11.0. The summed E-state index contributed by atoms with van der Waals surface area (Å²) >= 11 is 10.8. The summed E-state index contributed by atoms with van der Waals surface area (Å²) < 4.78 is 0. The van der Waals surface area contributed by atoms with Crippen molar-refractivity contribution < 1.29 is 4.79 Å². The lowest BCUT2D eigenvalue weighted by molar-refractivity contribution is -0.118. The Bertz CT molecular complexity index is 488. The number of nitrogens with zero attached hydrogens (tertiary/aromatic N) is 1. The predicted molar refractivity (Wildman–Crippen MR) is 90.6 cm³/mol. The molecule has 1 aromatic rings. The molecule has 0 saturated carbocycles. The number of rotatable bonds is 4. The molecule has 3 N–H and O–H groups in total. The van der Waals surface area contributed by atoms with Crippen LogP contribution in [-0.4, -0.2) is 34.9 Å². The number of hydrogen-bond donors (Lipinski definition) is 3. The van der Waals surface area contributed by atoms with E-state index in [1.165, 1.54) is 19.3 Å². The number of carbonyl (C=O) groups is 1. The van der Waals surface area contributed by atoms with Gasteiger partial charge in [0.2, 0.25) is 0 Å². The molecule has 0 unspecified atom stereocenters. The first-order valence-electron chi connectivity index (χ1n) is 6.96. The van der Waals surface area contributed by atoms with E-state index in [0.717, 1.165) is 29.6 Å². The minimum absolute atomic E-state index is 0.0727. The van der Waals surface area contributed by atoms with Crippen LogP contribution in [0.5, 0.6) is 0 Å². The van der Waals surface area contributed by atoms with Gasteiger partial charge in [-0.1, -0.05) is 0 Å². The Morgan fingerprint density at radius 3 is 2.38 bits per heavy atom. The normalized spacial score (nSPS) is 14.4. The lowest BCUT2D eigenvalue weighted by atomic mass is 10.1. The Hall–Kier alpha value is -1.53. The van der Waals surface area contributed by atoms with E-state index >= 15 is 0 Å². The van der Waals surface area contributed by atoms with Gasteiger partial charge in [-0.3, -0.25) is 15.6 Å². The van der Waals surface area contributed by atoms with Crippen molar-refractivity contribution in [3.63, 3.8) is 0 Å². The molecule has 0 spiro atoms. The molecule has 1 aliphatic heterocycles. The average molecular weight is 327 g/mol. The fourth-order valence-corrected chi connectivity index (χ4v) is 2.48. The number of hydrogen-bond acceptors (Lipinski definition) is 3. The van der Waals surface area contributed by atoms with Crippen molar-refractivity contribution >= 4 is 46.2 Å². The van der Waals surface area contributed by atoms with Crippen LogP contribution in [0.25, 0.3) is 0 Å². The molecule has 0 aliphatic carbocycles. The number of thiocarbonyl (C=S) groups is 1. The van der Waals surface area contributed by atoms with E-state index in [2.05, 4.69) is 21.1 Å². The van der Waals surface area contributed by atoms with Crippen molar-refractivity contribution in [2.45, 2.75) is 19.3 Å². The second-order valence-electron chi connectivity index (χ2n) is 4.86. The van der Waals surface area contributed by atoms with Crippen LogP contribution in [0.3, 0.4) is 0 Å². The molecule has 1 fully saturated rings. The highest BCUT2D eigenvalue weighted by atomic mass is 35.5. The number of nitrogens with one attached hydrogen (secondary N) is 3. The maximum atomic E-state index is 11.0. The monoisotopic (exact) mass is 326 g/mol. The summed E-state index contributed by atoms with van der Waals surface area (Å²) in [6.45, 7) is 2.05. The Labute approximate surface area is 135 Å². The number of carbonyl (C=O) groups excluding carboxylic acids is 1. The van der Waals surface area contributed by atoms with Crippen LogP contribution in [0.4, 0.5) is 11.4 Å². The lowest BCUT2D eigenvalue weighted by Gasteiger charge is -2.29. The van der Waals surface area contributed by atoms with Gasteiger partial charge in [0, 0.05) is 18.8 Å². The summed E-state index contributed by atoms with van der Waals surface area (Å²) in [4.78, 5) is 13.2. The summed E-state index contributed by atoms with van der Waals surface area (Å²) in [5, 5.41) is 4.01. The molecule has 0 bridgehead atoms. The zero-order valence-electron chi connectivity index (χ0n) is 11.7. The van der Waals surface area contributed by atoms with E-state index in [0.29, 0.717) is 0 Å². The van der Waals surface area contributed by atoms with Gasteiger partial charge in [0.05, 0.1) is 5.69 Å². The third-order valence-electron chi connectivity index (χ3n) is 3.25. The quantitative estimate of drug-likeness (QED) is 0.451. The molecular weight excluding hydrogens is 308 g/mol. The molecule has 1 heterocycles. The standard InChI is InChI=1S/C14H19ClN4OS/c15-10-13(20)18-17-12-6-4-11(5-7-12)16-14(21)19-8-2-1-3-9-19/h4-7,17H,1-3,8-10H2,(H,16,21)(H,18,20). The predicted octanol–water partition coefficient (Wildman–Crippen LogP) is 2.55. The number of piperidine rings is 1. The van der Waals surface area contributed by atoms with Crippen molar-refractivity contribution in [3.8, 4) is 0 Å². The second kappa shape index (κ2) is 8.05. The number of halogens is 1. The second-order valence-corrected chi connectivity index (χ2v) is 5.52. The number of alkyl halides is 1. The minimum atomic E-state index is -0.273. The molecule has 1 aromatic carbocycles. The van der Waals surface area contributed by atoms with Gasteiger partial charge in [-0.15, -0.1) is 11.6 Å². The van der Waals surface area contributed by atoms with Crippen LogP contribution in [-0.2, 0) is 4.79 Å². The number of amides is 1. The topological polar surface area (TPSA) is 56.4 Å². The molecule has 7 heteroatoms. The van der Waals surface area contributed by atoms with Crippen molar-refractivity contribution in [2.75, 3.05) is 29.7 Å². The largest absolute Gasteiger partial charge is 0.349 e. The molecule has 21 heavy (non-hydrogen) atoms. The zero-order chi connectivity index (χ0) is 15.1. The molecule has 114 valence electrons. The van der Waals surface area contributed by atoms with E-state index in [1.54, 1.807) is 0 Å². The molecular formula is C14H19ClN4OS. The Balaban J connectivity index is 1.84. The Morgan fingerprint density at radius 2 is 1.76 bits per heavy atom. The highest BCUT2D eigenvalue weighted by Gasteiger charge is 2.13. The van der Waals surface area contributed by atoms with Gasteiger partial charge < -0.3 is 10.2 Å². The molecule has 1 aliphatic rings. The van der Waals surface area contributed by atoms with Crippen molar-refractivity contribution in [1.82, 2.24) is 10.3 Å². The van der Waals surface area contributed by atoms with E-state index in [1.807, 2.05) is 24.3 Å². The van der Waals surface area contributed by atoms with Gasteiger partial charge in [0.15, 0.2) is 5.11 Å². The number of anilines is 2. The lowest BCUT2D eigenvalue weighted by Crippen LogP contribution is -2.38. The van der Waals surface area contributed by atoms with E-state index < -0.39 is 0 Å². The number of benzene rings is 1. The zero-order valence-corrected chi connectivity index (χ0v) is 13.3. The smallest absolute Gasteiger partial charge is 0.253 e. The van der Waals surface area contributed by atoms with Crippen LogP contribution in [0, 0.1) is 0 Å². The fraction of sp³-hybridized carbons (Fsp3) is 0.429. The third-order valence-corrected chi connectivity index (χ3v) is 3.85. The van der Waals surface area contributed by atoms with Gasteiger partial charge in [0.1, 0.15) is 5.88 Å². The molecule has 0 radical (unpaired) electrons. The molecule has 2 rings (SSSR count). The van der Waals surface area contributed by atoms with Crippen LogP contribution in [0.15, 0.2) is 24.3 Å². The van der Waals surface area contributed by atoms with Crippen LogP contribution in [0.1, 0.15) is 19.3 Å². The first-order valence-corrected chi connectivity index (χ1v) is 7.90. The minimum Gasteiger partial charge on any atom is -0.349 e. The molecule has 5 nitrogen and oxygen atoms in total. The highest BCUT2D eigenvalue weighted by Crippen LogP contribution is 2.15. The summed E-state index contributed by atoms with van der Waals surface area (Å²) in [6, 6.07) is 7.53. The Morgan fingerprint density at radius 1 is 1.14 bits per heavy atom. The van der Waals surface area contributed by atoms with E-state index in [-0.39, 0.29) is 11.8 Å². The van der Waals surface area contributed by atoms with Crippen molar-refractivity contribution in [3.05, 3.63) is 24.3 Å². The molecule has 0 aromatic heterocycles. The van der Waals surface area contributed by atoms with Crippen molar-refractivity contribution in [1.29, 1.82) is 0 Å². The average Bonchev–Trinajstić information content (AvgIpc) is 2.54.